The molecule has 0 saturated heterocycles. The fourth-order valence-electron chi connectivity index (χ4n) is 1.92. The summed E-state index contributed by atoms with van der Waals surface area (Å²) in [4.78, 5) is 26.7. The Hall–Kier alpha value is -2.49. The smallest absolute Gasteiger partial charge is 0.273 e. The zero-order valence-electron chi connectivity index (χ0n) is 8.83. The summed E-state index contributed by atoms with van der Waals surface area (Å²) in [5, 5.41) is 1.85. The number of pyridine rings is 1. The van der Waals surface area contributed by atoms with Crippen molar-refractivity contribution in [2.75, 3.05) is 0 Å². The predicted octanol–water partition coefficient (Wildman–Crippen LogP) is 1.21. The molecule has 4 heteroatoms. The molecule has 0 aliphatic heterocycles. The lowest BCUT2D eigenvalue weighted by molar-refractivity contribution is 1.10. The quantitative estimate of drug-likeness (QED) is 0.576. The molecule has 0 atom stereocenters. The van der Waals surface area contributed by atoms with E-state index in [2.05, 4.69) is 4.98 Å². The maximum atomic E-state index is 11.7. The molecule has 0 spiro atoms. The van der Waals surface area contributed by atoms with E-state index in [1.165, 1.54) is 10.5 Å². The summed E-state index contributed by atoms with van der Waals surface area (Å²) in [6.45, 7) is 0. The fourth-order valence-corrected chi connectivity index (χ4v) is 1.92. The van der Waals surface area contributed by atoms with E-state index in [-0.39, 0.29) is 5.56 Å². The Morgan fingerprint density at radius 2 is 1.88 bits per heavy atom. The Morgan fingerprint density at radius 3 is 2.76 bits per heavy atom. The highest BCUT2D eigenvalue weighted by molar-refractivity contribution is 5.95. The molecule has 0 fully saturated rings. The monoisotopic (exact) mass is 224 g/mol. The molecule has 3 rings (SSSR count). The number of aromatic nitrogens is 2. The van der Waals surface area contributed by atoms with Gasteiger partial charge in [0, 0.05) is 17.6 Å². The number of rotatable bonds is 0. The van der Waals surface area contributed by atoms with Gasteiger partial charge in [-0.15, -0.1) is 0 Å². The lowest BCUT2D eigenvalue weighted by atomic mass is 10.1. The van der Waals surface area contributed by atoms with Crippen LogP contribution in [0.3, 0.4) is 0 Å². The third-order valence-electron chi connectivity index (χ3n) is 2.70. The molecule has 2 heterocycles. The van der Waals surface area contributed by atoms with Gasteiger partial charge in [-0.2, -0.15) is 0 Å². The molecule has 0 aliphatic carbocycles. The average Bonchev–Trinajstić information content (AvgIpc) is 2.50. The van der Waals surface area contributed by atoms with E-state index in [1.54, 1.807) is 6.20 Å². The Labute approximate surface area is 95.8 Å². The summed E-state index contributed by atoms with van der Waals surface area (Å²) in [6.07, 6.45) is 2.70. The Bertz CT molecular complexity index is 837. The second-order valence-corrected chi connectivity index (χ2v) is 3.74. The molecule has 2 aromatic heterocycles. The summed E-state index contributed by atoms with van der Waals surface area (Å²) in [7, 11) is 0. The second kappa shape index (κ2) is 3.52. The molecule has 0 bridgehead atoms. The van der Waals surface area contributed by atoms with Gasteiger partial charge in [-0.1, -0.05) is 24.3 Å². The summed E-state index contributed by atoms with van der Waals surface area (Å²) < 4.78 is 1.43. The van der Waals surface area contributed by atoms with Gasteiger partial charge >= 0.3 is 0 Å². The highest BCUT2D eigenvalue weighted by Crippen LogP contribution is 2.16. The summed E-state index contributed by atoms with van der Waals surface area (Å²) in [5.41, 5.74) is -0.149. The van der Waals surface area contributed by atoms with Crippen molar-refractivity contribution in [1.29, 1.82) is 0 Å². The van der Waals surface area contributed by atoms with E-state index in [0.29, 0.717) is 5.52 Å². The van der Waals surface area contributed by atoms with Gasteiger partial charge in [-0.3, -0.25) is 14.0 Å². The van der Waals surface area contributed by atoms with Gasteiger partial charge < -0.3 is 0 Å². The van der Waals surface area contributed by atoms with E-state index in [9.17, 15) is 9.59 Å². The molecule has 0 aliphatic rings. The van der Waals surface area contributed by atoms with Crippen LogP contribution < -0.4 is 11.1 Å². The van der Waals surface area contributed by atoms with Crippen LogP contribution in [0, 0.1) is 0 Å². The van der Waals surface area contributed by atoms with Gasteiger partial charge in [0.1, 0.15) is 0 Å². The van der Waals surface area contributed by atoms with Crippen LogP contribution in [0.15, 0.2) is 58.4 Å². The molecule has 0 saturated carbocycles. The molecular formula is C13H8N2O2. The Kier molecular flexibility index (Phi) is 2.01. The van der Waals surface area contributed by atoms with Crippen molar-refractivity contribution in [3.05, 3.63) is 69.5 Å². The third-order valence-corrected chi connectivity index (χ3v) is 2.70. The standard InChI is InChI=1S/C13H8N2O2/c16-12-7-11-10-4-2-1-3-9(10)5-6-15(11)13(17)8-14-12/h1-8H. The van der Waals surface area contributed by atoms with Crippen molar-refractivity contribution in [2.45, 2.75) is 0 Å². The van der Waals surface area contributed by atoms with Crippen LogP contribution in [0.2, 0.25) is 0 Å². The summed E-state index contributed by atoms with van der Waals surface area (Å²) >= 11 is 0. The van der Waals surface area contributed by atoms with E-state index < -0.39 is 5.56 Å². The van der Waals surface area contributed by atoms with E-state index in [1.807, 2.05) is 30.3 Å². The topological polar surface area (TPSA) is 51.4 Å². The van der Waals surface area contributed by atoms with Crippen LogP contribution in [0.5, 0.6) is 0 Å². The predicted molar refractivity (Wildman–Crippen MR) is 65.2 cm³/mol. The first kappa shape index (κ1) is 9.72. The van der Waals surface area contributed by atoms with Crippen LogP contribution in [-0.4, -0.2) is 9.38 Å². The highest BCUT2D eigenvalue weighted by Gasteiger charge is 2.01. The lowest BCUT2D eigenvalue weighted by Crippen LogP contribution is -2.08. The molecule has 0 radical (unpaired) electrons. The van der Waals surface area contributed by atoms with Crippen molar-refractivity contribution >= 4 is 16.3 Å². The van der Waals surface area contributed by atoms with Crippen molar-refractivity contribution < 1.29 is 0 Å². The van der Waals surface area contributed by atoms with E-state index in [0.717, 1.165) is 17.0 Å². The molecule has 4 nitrogen and oxygen atoms in total. The van der Waals surface area contributed by atoms with Crippen LogP contribution in [0.25, 0.3) is 16.3 Å². The van der Waals surface area contributed by atoms with Crippen molar-refractivity contribution in [2.24, 2.45) is 0 Å². The zero-order valence-corrected chi connectivity index (χ0v) is 8.83. The lowest BCUT2D eigenvalue weighted by Gasteiger charge is -2.01. The number of hydrogen-bond donors (Lipinski definition) is 0. The first-order chi connectivity index (χ1) is 8.25. The number of fused-ring (bicyclic) bond motifs is 3. The van der Waals surface area contributed by atoms with Crippen molar-refractivity contribution in [3.8, 4) is 0 Å². The minimum absolute atomic E-state index is 0.312. The van der Waals surface area contributed by atoms with E-state index >= 15 is 0 Å². The number of benzene rings is 1. The summed E-state index contributed by atoms with van der Waals surface area (Å²) in [5.74, 6) is 0. The Morgan fingerprint density at radius 1 is 1.06 bits per heavy atom. The zero-order chi connectivity index (χ0) is 11.8. The van der Waals surface area contributed by atoms with Crippen LogP contribution in [0.4, 0.5) is 0 Å². The molecule has 0 N–H and O–H groups in total. The third kappa shape index (κ3) is 1.50. The normalized spacial score (nSPS) is 10.8. The van der Waals surface area contributed by atoms with Gasteiger partial charge in [0.05, 0.1) is 11.7 Å². The molecular weight excluding hydrogens is 216 g/mol. The van der Waals surface area contributed by atoms with Gasteiger partial charge in [-0.25, -0.2) is 4.98 Å². The van der Waals surface area contributed by atoms with Crippen molar-refractivity contribution in [1.82, 2.24) is 9.38 Å². The van der Waals surface area contributed by atoms with Crippen LogP contribution in [0.1, 0.15) is 0 Å². The average molecular weight is 224 g/mol. The van der Waals surface area contributed by atoms with Gasteiger partial charge in [0.15, 0.2) is 0 Å². The largest absolute Gasteiger partial charge is 0.282 e. The molecule has 17 heavy (non-hydrogen) atoms. The van der Waals surface area contributed by atoms with Gasteiger partial charge in [0.25, 0.3) is 11.1 Å². The summed E-state index contributed by atoms with van der Waals surface area (Å²) in [6, 6.07) is 10.8. The molecule has 3 aromatic rings. The SMILES string of the molecule is O=c1cc2c3ccccc3ccn2c(=O)cn1. The van der Waals surface area contributed by atoms with Crippen molar-refractivity contribution in [3.63, 3.8) is 0 Å². The van der Waals surface area contributed by atoms with Crippen LogP contribution in [-0.2, 0) is 0 Å². The maximum Gasteiger partial charge on any atom is 0.273 e. The maximum absolute atomic E-state index is 11.7. The molecule has 0 unspecified atom stereocenters. The first-order valence-electron chi connectivity index (χ1n) is 5.16. The molecule has 1 aromatic carbocycles. The highest BCUT2D eigenvalue weighted by atomic mass is 16.1. The van der Waals surface area contributed by atoms with E-state index in [4.69, 9.17) is 0 Å². The number of hydrogen-bond acceptors (Lipinski definition) is 3. The fraction of sp³-hybridized carbons (Fsp3) is 0. The van der Waals surface area contributed by atoms with Gasteiger partial charge in [-0.05, 0) is 11.5 Å². The van der Waals surface area contributed by atoms with Crippen LogP contribution >= 0.6 is 0 Å². The second-order valence-electron chi connectivity index (χ2n) is 3.74. The first-order valence-corrected chi connectivity index (χ1v) is 5.16. The number of nitrogens with zero attached hydrogens (tertiary/aromatic N) is 2. The molecule has 0 amide bonds. The minimum atomic E-state index is -0.416. The van der Waals surface area contributed by atoms with Gasteiger partial charge in [0.2, 0.25) is 0 Å². The molecule has 82 valence electrons. The minimum Gasteiger partial charge on any atom is -0.282 e. The Balaban J connectivity index is 2.73.